The van der Waals surface area contributed by atoms with E-state index >= 15 is 0 Å². The molecule has 5 heteroatoms. The Bertz CT molecular complexity index is 679. The second-order valence-electron chi connectivity index (χ2n) is 3.85. The van der Waals surface area contributed by atoms with Crippen LogP contribution in [0.2, 0.25) is 0 Å². The third-order valence-electron chi connectivity index (χ3n) is 2.85. The second-order valence-corrected chi connectivity index (χ2v) is 3.85. The van der Waals surface area contributed by atoms with Crippen LogP contribution in [0.15, 0.2) is 29.1 Å². The molecule has 0 aliphatic heterocycles. The lowest BCUT2D eigenvalue weighted by atomic mass is 10.1. The van der Waals surface area contributed by atoms with Crippen LogP contribution in [0.3, 0.4) is 0 Å². The lowest BCUT2D eigenvalue weighted by molar-refractivity contribution is 0.326. The van der Waals surface area contributed by atoms with Crippen molar-refractivity contribution in [1.29, 1.82) is 0 Å². The van der Waals surface area contributed by atoms with Gasteiger partial charge < -0.3 is 19.3 Å². The number of methoxy groups -OCH3 is 3. The SMILES string of the molecule is COc1cc2cccc(=O)c(O)c2c(OC)c1OC. The molecule has 0 atom stereocenters. The van der Waals surface area contributed by atoms with Gasteiger partial charge in [0.1, 0.15) is 0 Å². The number of ether oxygens (including phenoxy) is 3. The van der Waals surface area contributed by atoms with E-state index in [2.05, 4.69) is 0 Å². The summed E-state index contributed by atoms with van der Waals surface area (Å²) in [7, 11) is 4.41. The summed E-state index contributed by atoms with van der Waals surface area (Å²) in [6.45, 7) is 0. The first-order valence-electron chi connectivity index (χ1n) is 5.59. The van der Waals surface area contributed by atoms with Crippen LogP contribution in [0.25, 0.3) is 10.8 Å². The molecule has 0 fully saturated rings. The van der Waals surface area contributed by atoms with Crippen molar-refractivity contribution < 1.29 is 19.3 Å². The third-order valence-corrected chi connectivity index (χ3v) is 2.85. The number of benzene rings is 1. The monoisotopic (exact) mass is 262 g/mol. The summed E-state index contributed by atoms with van der Waals surface area (Å²) in [4.78, 5) is 11.7. The number of rotatable bonds is 3. The van der Waals surface area contributed by atoms with Crippen molar-refractivity contribution >= 4 is 10.8 Å². The van der Waals surface area contributed by atoms with E-state index in [1.165, 1.54) is 27.4 Å². The van der Waals surface area contributed by atoms with E-state index in [1.807, 2.05) is 0 Å². The molecule has 19 heavy (non-hydrogen) atoms. The molecule has 2 aromatic carbocycles. The number of fused-ring (bicyclic) bond motifs is 1. The maximum Gasteiger partial charge on any atom is 0.220 e. The van der Waals surface area contributed by atoms with Gasteiger partial charge in [-0.2, -0.15) is 0 Å². The minimum absolute atomic E-state index is 0.266. The van der Waals surface area contributed by atoms with Crippen LogP contribution >= 0.6 is 0 Å². The summed E-state index contributed by atoms with van der Waals surface area (Å²) in [5.41, 5.74) is -0.486. The van der Waals surface area contributed by atoms with E-state index in [9.17, 15) is 9.90 Å². The molecule has 0 aliphatic rings. The van der Waals surface area contributed by atoms with Gasteiger partial charge in [0, 0.05) is 0 Å². The second kappa shape index (κ2) is 5.06. The van der Waals surface area contributed by atoms with Crippen molar-refractivity contribution in [3.05, 3.63) is 34.5 Å². The lowest BCUT2D eigenvalue weighted by Gasteiger charge is -2.14. The average molecular weight is 262 g/mol. The van der Waals surface area contributed by atoms with E-state index in [-0.39, 0.29) is 11.5 Å². The molecule has 0 unspecified atom stereocenters. The molecule has 0 aliphatic carbocycles. The lowest BCUT2D eigenvalue weighted by Crippen LogP contribution is -1.98. The van der Waals surface area contributed by atoms with Crippen molar-refractivity contribution in [2.75, 3.05) is 21.3 Å². The molecule has 0 saturated heterocycles. The Kier molecular flexibility index (Phi) is 3.46. The fourth-order valence-electron chi connectivity index (χ4n) is 1.99. The van der Waals surface area contributed by atoms with Crippen LogP contribution in [0.5, 0.6) is 23.0 Å². The van der Waals surface area contributed by atoms with Gasteiger partial charge in [-0.05, 0) is 17.5 Å². The topological polar surface area (TPSA) is 65.0 Å². The van der Waals surface area contributed by atoms with Gasteiger partial charge in [-0.1, -0.05) is 12.1 Å². The van der Waals surface area contributed by atoms with Gasteiger partial charge >= 0.3 is 0 Å². The van der Waals surface area contributed by atoms with E-state index in [1.54, 1.807) is 18.2 Å². The Labute approximate surface area is 110 Å². The number of hydrogen-bond acceptors (Lipinski definition) is 5. The molecule has 2 aromatic rings. The van der Waals surface area contributed by atoms with Gasteiger partial charge in [-0.25, -0.2) is 0 Å². The standard InChI is InChI=1S/C14H14O5/c1-17-10-7-8-5-4-6-9(15)12(16)11(8)14(19-3)13(10)18-2/h4-7H,1-3H3,(H,15,16). The van der Waals surface area contributed by atoms with E-state index < -0.39 is 5.43 Å². The maximum atomic E-state index is 11.7. The molecule has 0 bridgehead atoms. The third kappa shape index (κ3) is 2.03. The van der Waals surface area contributed by atoms with Crippen LogP contribution in [0.1, 0.15) is 0 Å². The first kappa shape index (κ1) is 13.0. The highest BCUT2D eigenvalue weighted by atomic mass is 16.5. The van der Waals surface area contributed by atoms with Gasteiger partial charge in [-0.15, -0.1) is 0 Å². The van der Waals surface area contributed by atoms with Crippen molar-refractivity contribution in [2.24, 2.45) is 0 Å². The Balaban J connectivity index is 3.06. The zero-order valence-corrected chi connectivity index (χ0v) is 10.9. The minimum atomic E-state index is -0.486. The van der Waals surface area contributed by atoms with Crippen LogP contribution in [-0.2, 0) is 0 Å². The molecule has 0 spiro atoms. The Morgan fingerprint density at radius 1 is 1.00 bits per heavy atom. The first-order chi connectivity index (χ1) is 9.13. The molecule has 2 rings (SSSR count). The highest BCUT2D eigenvalue weighted by molar-refractivity contribution is 5.96. The highest BCUT2D eigenvalue weighted by Gasteiger charge is 2.18. The Morgan fingerprint density at radius 3 is 2.26 bits per heavy atom. The number of hydrogen-bond donors (Lipinski definition) is 1. The Morgan fingerprint density at radius 2 is 1.68 bits per heavy atom. The van der Waals surface area contributed by atoms with Crippen LogP contribution in [0, 0.1) is 0 Å². The molecule has 5 nitrogen and oxygen atoms in total. The molecule has 0 aromatic heterocycles. The average Bonchev–Trinajstić information content (AvgIpc) is 2.57. The largest absolute Gasteiger partial charge is 0.504 e. The van der Waals surface area contributed by atoms with Gasteiger partial charge in [0.2, 0.25) is 11.2 Å². The molecular weight excluding hydrogens is 248 g/mol. The molecule has 0 radical (unpaired) electrons. The van der Waals surface area contributed by atoms with Gasteiger partial charge in [0.05, 0.1) is 26.7 Å². The maximum absolute atomic E-state index is 11.7. The molecule has 0 saturated carbocycles. The zero-order valence-electron chi connectivity index (χ0n) is 10.9. The normalized spacial score (nSPS) is 10.3. The van der Waals surface area contributed by atoms with Gasteiger partial charge in [0.15, 0.2) is 17.2 Å². The smallest absolute Gasteiger partial charge is 0.220 e. The fourth-order valence-corrected chi connectivity index (χ4v) is 1.99. The van der Waals surface area contributed by atoms with Crippen molar-refractivity contribution in [3.8, 4) is 23.0 Å². The molecular formula is C14H14O5. The van der Waals surface area contributed by atoms with E-state index in [4.69, 9.17) is 14.2 Å². The van der Waals surface area contributed by atoms with Crippen molar-refractivity contribution in [2.45, 2.75) is 0 Å². The predicted molar refractivity (Wildman–Crippen MR) is 71.5 cm³/mol. The molecule has 0 heterocycles. The quantitative estimate of drug-likeness (QED) is 0.915. The number of aromatic hydroxyl groups is 1. The summed E-state index contributed by atoms with van der Waals surface area (Å²) in [6.07, 6.45) is 0. The summed E-state index contributed by atoms with van der Waals surface area (Å²) >= 11 is 0. The van der Waals surface area contributed by atoms with Gasteiger partial charge in [0.25, 0.3) is 0 Å². The summed E-state index contributed by atoms with van der Waals surface area (Å²) in [5, 5.41) is 10.9. The first-order valence-corrected chi connectivity index (χ1v) is 5.59. The highest BCUT2D eigenvalue weighted by Crippen LogP contribution is 2.45. The Hall–Kier alpha value is -2.43. The van der Waals surface area contributed by atoms with Crippen LogP contribution in [0.4, 0.5) is 0 Å². The van der Waals surface area contributed by atoms with Crippen molar-refractivity contribution in [1.82, 2.24) is 0 Å². The van der Waals surface area contributed by atoms with Crippen LogP contribution in [-0.4, -0.2) is 26.4 Å². The molecule has 1 N–H and O–H groups in total. The van der Waals surface area contributed by atoms with Crippen molar-refractivity contribution in [3.63, 3.8) is 0 Å². The fraction of sp³-hybridized carbons (Fsp3) is 0.214. The van der Waals surface area contributed by atoms with Gasteiger partial charge in [-0.3, -0.25) is 4.79 Å². The van der Waals surface area contributed by atoms with E-state index in [0.717, 1.165) is 0 Å². The summed E-state index contributed by atoms with van der Waals surface area (Å²) < 4.78 is 15.7. The predicted octanol–water partition coefficient (Wildman–Crippen LogP) is 1.93. The minimum Gasteiger partial charge on any atom is -0.504 e. The van der Waals surface area contributed by atoms with E-state index in [0.29, 0.717) is 22.3 Å². The molecule has 0 amide bonds. The molecule has 100 valence electrons. The van der Waals surface area contributed by atoms with Crippen LogP contribution < -0.4 is 19.6 Å². The summed E-state index contributed by atoms with van der Waals surface area (Å²) in [6, 6.07) is 6.22. The zero-order chi connectivity index (χ0) is 14.0. The summed E-state index contributed by atoms with van der Waals surface area (Å²) in [5.74, 6) is 0.684.